The number of Topliss-reactive ketones (excluding diaryl/α,β-unsaturated/α-hetero) is 1. The number of benzene rings is 2. The molecular formula is C20H22N2O4. The van der Waals surface area contributed by atoms with E-state index in [4.69, 9.17) is 14.2 Å². The van der Waals surface area contributed by atoms with E-state index < -0.39 is 0 Å². The standard InChI is InChI=1S/C20H22N2O4/c1-24-17-4-2-3-16(12-17)22-9-7-21(8-10-22)13-18(23)15-5-6-19-20(11-15)26-14-25-19/h2-6,11-12H,7-10,13-14H2,1H3. The third-order valence-electron chi connectivity index (χ3n) is 4.85. The second-order valence-electron chi connectivity index (χ2n) is 6.46. The molecule has 0 saturated carbocycles. The van der Waals surface area contributed by atoms with Gasteiger partial charge in [-0.3, -0.25) is 9.69 Å². The normalized spacial score (nSPS) is 16.6. The fourth-order valence-corrected chi connectivity index (χ4v) is 3.34. The first-order chi connectivity index (χ1) is 12.7. The van der Waals surface area contributed by atoms with Crippen LogP contribution in [0.5, 0.6) is 17.2 Å². The van der Waals surface area contributed by atoms with Crippen LogP contribution in [0.25, 0.3) is 0 Å². The molecule has 0 bridgehead atoms. The number of carbonyl (C=O) groups is 1. The molecule has 2 aromatic rings. The van der Waals surface area contributed by atoms with Crippen molar-refractivity contribution >= 4 is 11.5 Å². The zero-order valence-electron chi connectivity index (χ0n) is 14.8. The summed E-state index contributed by atoms with van der Waals surface area (Å²) in [5.41, 5.74) is 1.83. The van der Waals surface area contributed by atoms with E-state index in [0.717, 1.165) is 37.6 Å². The summed E-state index contributed by atoms with van der Waals surface area (Å²) >= 11 is 0. The van der Waals surface area contributed by atoms with E-state index in [1.807, 2.05) is 24.3 Å². The zero-order valence-corrected chi connectivity index (χ0v) is 14.8. The monoisotopic (exact) mass is 354 g/mol. The molecule has 0 radical (unpaired) electrons. The lowest BCUT2D eigenvalue weighted by molar-refractivity contribution is 0.0926. The molecule has 0 atom stereocenters. The van der Waals surface area contributed by atoms with Gasteiger partial charge in [0.2, 0.25) is 6.79 Å². The molecule has 26 heavy (non-hydrogen) atoms. The molecule has 136 valence electrons. The summed E-state index contributed by atoms with van der Waals surface area (Å²) in [6.45, 7) is 4.13. The Hall–Kier alpha value is -2.73. The minimum Gasteiger partial charge on any atom is -0.497 e. The summed E-state index contributed by atoms with van der Waals surface area (Å²) in [6.07, 6.45) is 0. The van der Waals surface area contributed by atoms with Gasteiger partial charge in [-0.1, -0.05) is 6.07 Å². The highest BCUT2D eigenvalue weighted by atomic mass is 16.7. The zero-order chi connectivity index (χ0) is 17.9. The summed E-state index contributed by atoms with van der Waals surface area (Å²) in [4.78, 5) is 17.1. The fraction of sp³-hybridized carbons (Fsp3) is 0.350. The molecule has 2 aliphatic rings. The van der Waals surface area contributed by atoms with E-state index in [2.05, 4.69) is 15.9 Å². The lowest BCUT2D eigenvalue weighted by atomic mass is 10.1. The van der Waals surface area contributed by atoms with E-state index in [1.165, 1.54) is 0 Å². The second kappa shape index (κ2) is 7.25. The first-order valence-electron chi connectivity index (χ1n) is 8.77. The number of nitrogens with zero attached hydrogens (tertiary/aromatic N) is 2. The Morgan fingerprint density at radius 1 is 1.04 bits per heavy atom. The van der Waals surface area contributed by atoms with Gasteiger partial charge in [-0.15, -0.1) is 0 Å². The Bertz CT molecular complexity index is 800. The first kappa shape index (κ1) is 16.7. The van der Waals surface area contributed by atoms with Crippen LogP contribution in [0.4, 0.5) is 5.69 Å². The van der Waals surface area contributed by atoms with Crippen molar-refractivity contribution in [3.05, 3.63) is 48.0 Å². The third-order valence-corrected chi connectivity index (χ3v) is 4.85. The maximum atomic E-state index is 12.6. The topological polar surface area (TPSA) is 51.2 Å². The summed E-state index contributed by atoms with van der Waals surface area (Å²) in [5.74, 6) is 2.33. The highest BCUT2D eigenvalue weighted by molar-refractivity contribution is 5.98. The number of hydrogen-bond donors (Lipinski definition) is 0. The van der Waals surface area contributed by atoms with Crippen molar-refractivity contribution in [2.75, 3.05) is 51.5 Å². The van der Waals surface area contributed by atoms with Crippen LogP contribution in [-0.2, 0) is 0 Å². The van der Waals surface area contributed by atoms with E-state index in [0.29, 0.717) is 23.6 Å². The van der Waals surface area contributed by atoms with Crippen molar-refractivity contribution in [1.82, 2.24) is 4.90 Å². The third kappa shape index (κ3) is 3.46. The predicted molar refractivity (Wildman–Crippen MR) is 98.5 cm³/mol. The van der Waals surface area contributed by atoms with Gasteiger partial charge in [0.05, 0.1) is 13.7 Å². The molecule has 2 heterocycles. The molecule has 0 aliphatic carbocycles. The molecule has 0 amide bonds. The molecule has 1 saturated heterocycles. The van der Waals surface area contributed by atoms with Gasteiger partial charge in [-0.2, -0.15) is 0 Å². The maximum Gasteiger partial charge on any atom is 0.231 e. The average molecular weight is 354 g/mol. The van der Waals surface area contributed by atoms with E-state index >= 15 is 0 Å². The second-order valence-corrected chi connectivity index (χ2v) is 6.46. The molecule has 2 aromatic carbocycles. The van der Waals surface area contributed by atoms with Crippen LogP contribution in [0.2, 0.25) is 0 Å². The molecule has 2 aliphatic heterocycles. The lowest BCUT2D eigenvalue weighted by Gasteiger charge is -2.35. The molecular weight excluding hydrogens is 332 g/mol. The van der Waals surface area contributed by atoms with Gasteiger partial charge in [-0.25, -0.2) is 0 Å². The minimum absolute atomic E-state index is 0.109. The Morgan fingerprint density at radius 2 is 1.85 bits per heavy atom. The largest absolute Gasteiger partial charge is 0.497 e. The van der Waals surface area contributed by atoms with Gasteiger partial charge in [0, 0.05) is 43.5 Å². The van der Waals surface area contributed by atoms with Crippen LogP contribution in [0.1, 0.15) is 10.4 Å². The molecule has 6 nitrogen and oxygen atoms in total. The number of ether oxygens (including phenoxy) is 3. The van der Waals surface area contributed by atoms with Gasteiger partial charge in [0.25, 0.3) is 0 Å². The molecule has 6 heteroatoms. The molecule has 4 rings (SSSR count). The van der Waals surface area contributed by atoms with Gasteiger partial charge in [-0.05, 0) is 30.3 Å². The Kier molecular flexibility index (Phi) is 4.67. The highest BCUT2D eigenvalue weighted by Crippen LogP contribution is 2.32. The fourth-order valence-electron chi connectivity index (χ4n) is 3.34. The van der Waals surface area contributed by atoms with Crippen LogP contribution in [0.3, 0.4) is 0 Å². The van der Waals surface area contributed by atoms with E-state index in [-0.39, 0.29) is 12.6 Å². The van der Waals surface area contributed by atoms with Crippen molar-refractivity contribution in [1.29, 1.82) is 0 Å². The molecule has 0 aromatic heterocycles. The van der Waals surface area contributed by atoms with Crippen molar-refractivity contribution in [2.24, 2.45) is 0 Å². The van der Waals surface area contributed by atoms with Crippen LogP contribution in [0.15, 0.2) is 42.5 Å². The van der Waals surface area contributed by atoms with Gasteiger partial charge >= 0.3 is 0 Å². The number of anilines is 1. The number of piperazine rings is 1. The molecule has 1 fully saturated rings. The van der Waals surface area contributed by atoms with Crippen LogP contribution >= 0.6 is 0 Å². The minimum atomic E-state index is 0.109. The molecule has 0 spiro atoms. The van der Waals surface area contributed by atoms with Gasteiger partial charge < -0.3 is 19.1 Å². The summed E-state index contributed by atoms with van der Waals surface area (Å²) in [7, 11) is 1.68. The Labute approximate surface area is 152 Å². The Balaban J connectivity index is 1.34. The number of ketones is 1. The summed E-state index contributed by atoms with van der Waals surface area (Å²) < 4.78 is 16.0. The SMILES string of the molecule is COc1cccc(N2CCN(CC(=O)c3ccc4c(c3)OCO4)CC2)c1. The number of hydrogen-bond acceptors (Lipinski definition) is 6. The average Bonchev–Trinajstić information content (AvgIpc) is 3.16. The van der Waals surface area contributed by atoms with Crippen molar-refractivity contribution in [3.8, 4) is 17.2 Å². The van der Waals surface area contributed by atoms with Gasteiger partial charge in [0.15, 0.2) is 17.3 Å². The van der Waals surface area contributed by atoms with Crippen LogP contribution in [-0.4, -0.2) is 57.3 Å². The molecule has 0 unspecified atom stereocenters. The van der Waals surface area contributed by atoms with Gasteiger partial charge in [0.1, 0.15) is 5.75 Å². The quantitative estimate of drug-likeness (QED) is 0.769. The van der Waals surface area contributed by atoms with E-state index in [1.54, 1.807) is 19.2 Å². The number of fused-ring (bicyclic) bond motifs is 1. The molecule has 0 N–H and O–H groups in total. The van der Waals surface area contributed by atoms with Crippen molar-refractivity contribution in [3.63, 3.8) is 0 Å². The van der Waals surface area contributed by atoms with E-state index in [9.17, 15) is 4.79 Å². The Morgan fingerprint density at radius 3 is 2.65 bits per heavy atom. The highest BCUT2D eigenvalue weighted by Gasteiger charge is 2.21. The lowest BCUT2D eigenvalue weighted by Crippen LogP contribution is -2.48. The van der Waals surface area contributed by atoms with Crippen LogP contribution < -0.4 is 19.1 Å². The van der Waals surface area contributed by atoms with Crippen LogP contribution in [0, 0.1) is 0 Å². The number of rotatable bonds is 5. The van der Waals surface area contributed by atoms with Crippen molar-refractivity contribution < 1.29 is 19.0 Å². The number of methoxy groups -OCH3 is 1. The van der Waals surface area contributed by atoms with Crippen molar-refractivity contribution in [2.45, 2.75) is 0 Å². The smallest absolute Gasteiger partial charge is 0.231 e. The predicted octanol–water partition coefficient (Wildman–Crippen LogP) is 2.43. The first-order valence-corrected chi connectivity index (χ1v) is 8.77. The summed E-state index contributed by atoms with van der Waals surface area (Å²) in [5, 5.41) is 0. The summed E-state index contributed by atoms with van der Waals surface area (Å²) in [6, 6.07) is 13.5. The maximum absolute atomic E-state index is 12.6. The number of carbonyl (C=O) groups excluding carboxylic acids is 1.